The number of nitriles is 1. The maximum Gasteiger partial charge on any atom is 0.101 e. The van der Waals surface area contributed by atoms with Crippen LogP contribution in [0.1, 0.15) is 19.4 Å². The lowest BCUT2D eigenvalue weighted by Crippen LogP contribution is -2.22. The van der Waals surface area contributed by atoms with Crippen LogP contribution in [-0.4, -0.2) is 20.1 Å². The lowest BCUT2D eigenvalue weighted by molar-refractivity contribution is 0.864. The van der Waals surface area contributed by atoms with Gasteiger partial charge in [0, 0.05) is 25.8 Å². The van der Waals surface area contributed by atoms with Gasteiger partial charge in [-0.3, -0.25) is 0 Å². The summed E-state index contributed by atoms with van der Waals surface area (Å²) in [6, 6.07) is 8.11. The molecule has 0 fully saturated rings. The fourth-order valence-electron chi connectivity index (χ4n) is 1.62. The number of nitrogens with one attached hydrogen (secondary N) is 1. The molecule has 0 aliphatic carbocycles. The number of hydrogen-bond acceptors (Lipinski definition) is 3. The molecule has 80 valence electrons. The van der Waals surface area contributed by atoms with Crippen LogP contribution < -0.4 is 10.2 Å². The Morgan fingerprint density at radius 3 is 2.47 bits per heavy atom. The van der Waals surface area contributed by atoms with Crippen molar-refractivity contribution >= 4 is 11.4 Å². The zero-order valence-electron chi connectivity index (χ0n) is 9.54. The minimum absolute atomic E-state index is 0.727. The number of anilines is 2. The van der Waals surface area contributed by atoms with Crippen LogP contribution in [-0.2, 0) is 0 Å². The molecule has 0 unspecified atom stereocenters. The molecule has 0 spiro atoms. The minimum atomic E-state index is 0.727. The Hall–Kier alpha value is -1.69. The molecule has 0 radical (unpaired) electrons. The second-order valence-corrected chi connectivity index (χ2v) is 3.27. The molecule has 3 heteroatoms. The molecule has 0 amide bonds. The Morgan fingerprint density at radius 2 is 2.00 bits per heavy atom. The predicted molar refractivity (Wildman–Crippen MR) is 64.3 cm³/mol. The highest BCUT2D eigenvalue weighted by atomic mass is 15.1. The van der Waals surface area contributed by atoms with Crippen LogP contribution in [0.25, 0.3) is 0 Å². The smallest absolute Gasteiger partial charge is 0.101 e. The van der Waals surface area contributed by atoms with Gasteiger partial charge in [-0.15, -0.1) is 0 Å². The molecule has 1 aromatic rings. The van der Waals surface area contributed by atoms with Crippen LogP contribution in [0.3, 0.4) is 0 Å². The van der Waals surface area contributed by atoms with Gasteiger partial charge in [-0.05, 0) is 32.0 Å². The summed E-state index contributed by atoms with van der Waals surface area (Å²) in [7, 11) is 1.85. The van der Waals surface area contributed by atoms with Crippen molar-refractivity contribution < 1.29 is 0 Å². The molecular weight excluding hydrogens is 186 g/mol. The number of nitrogens with zero attached hydrogens (tertiary/aromatic N) is 2. The first-order valence-electron chi connectivity index (χ1n) is 5.23. The normalized spacial score (nSPS) is 9.47. The average Bonchev–Trinajstić information content (AvgIpc) is 2.31. The first-order chi connectivity index (χ1) is 7.26. The Balaban J connectivity index is 3.13. The van der Waals surface area contributed by atoms with Crippen molar-refractivity contribution in [3.63, 3.8) is 0 Å². The third kappa shape index (κ3) is 2.41. The molecule has 0 bridgehead atoms. The first kappa shape index (κ1) is 11.4. The van der Waals surface area contributed by atoms with Gasteiger partial charge in [-0.2, -0.15) is 5.26 Å². The maximum absolute atomic E-state index is 9.07. The summed E-state index contributed by atoms with van der Waals surface area (Å²) in [5, 5.41) is 12.1. The van der Waals surface area contributed by atoms with Crippen LogP contribution in [0, 0.1) is 11.3 Å². The summed E-state index contributed by atoms with van der Waals surface area (Å²) in [4.78, 5) is 2.18. The second kappa shape index (κ2) is 5.26. The molecule has 0 saturated carbocycles. The lowest BCUT2D eigenvalue weighted by atomic mass is 10.1. The Bertz CT molecular complexity index is 362. The minimum Gasteiger partial charge on any atom is -0.388 e. The van der Waals surface area contributed by atoms with Gasteiger partial charge in [0.2, 0.25) is 0 Å². The summed E-state index contributed by atoms with van der Waals surface area (Å²) < 4.78 is 0. The highest BCUT2D eigenvalue weighted by molar-refractivity contribution is 5.65. The molecule has 1 aromatic carbocycles. The summed E-state index contributed by atoms with van der Waals surface area (Å²) in [5.41, 5.74) is 2.72. The van der Waals surface area contributed by atoms with E-state index in [9.17, 15) is 0 Å². The van der Waals surface area contributed by atoms with Gasteiger partial charge < -0.3 is 10.2 Å². The van der Waals surface area contributed by atoms with Crippen LogP contribution in [0.5, 0.6) is 0 Å². The Kier molecular flexibility index (Phi) is 3.99. The van der Waals surface area contributed by atoms with E-state index in [1.165, 1.54) is 0 Å². The van der Waals surface area contributed by atoms with E-state index in [1.807, 2.05) is 25.2 Å². The zero-order valence-corrected chi connectivity index (χ0v) is 9.54. The summed E-state index contributed by atoms with van der Waals surface area (Å²) in [6.07, 6.45) is 0. The van der Waals surface area contributed by atoms with Crippen molar-refractivity contribution in [3.05, 3.63) is 23.8 Å². The van der Waals surface area contributed by atoms with E-state index >= 15 is 0 Å². The first-order valence-corrected chi connectivity index (χ1v) is 5.23. The summed E-state index contributed by atoms with van der Waals surface area (Å²) in [6.45, 7) is 6.03. The molecule has 1 N–H and O–H groups in total. The van der Waals surface area contributed by atoms with Crippen LogP contribution in [0.15, 0.2) is 18.2 Å². The lowest BCUT2D eigenvalue weighted by Gasteiger charge is -2.22. The monoisotopic (exact) mass is 203 g/mol. The molecule has 0 heterocycles. The van der Waals surface area contributed by atoms with Gasteiger partial charge in [0.05, 0.1) is 11.3 Å². The largest absolute Gasteiger partial charge is 0.388 e. The van der Waals surface area contributed by atoms with Gasteiger partial charge >= 0.3 is 0 Å². The van der Waals surface area contributed by atoms with Gasteiger partial charge in [0.1, 0.15) is 6.07 Å². The average molecular weight is 203 g/mol. The quantitative estimate of drug-likeness (QED) is 0.817. The molecular formula is C12H17N3. The van der Waals surface area contributed by atoms with Crippen molar-refractivity contribution in [1.29, 1.82) is 5.26 Å². The molecule has 1 rings (SSSR count). The number of hydrogen-bond donors (Lipinski definition) is 1. The standard InChI is InChI=1S/C12H17N3/c1-4-15(5-2)12-7-6-11(14-3)8-10(12)9-13/h6-8,14H,4-5H2,1-3H3. The van der Waals surface area contributed by atoms with E-state index in [-0.39, 0.29) is 0 Å². The summed E-state index contributed by atoms with van der Waals surface area (Å²) in [5.74, 6) is 0. The van der Waals surface area contributed by atoms with Gasteiger partial charge in [-0.25, -0.2) is 0 Å². The van der Waals surface area contributed by atoms with Crippen LogP contribution in [0.2, 0.25) is 0 Å². The van der Waals surface area contributed by atoms with E-state index in [2.05, 4.69) is 30.1 Å². The van der Waals surface area contributed by atoms with E-state index < -0.39 is 0 Å². The molecule has 0 saturated heterocycles. The molecule has 0 aliphatic heterocycles. The van der Waals surface area contributed by atoms with Crippen molar-refractivity contribution in [3.8, 4) is 6.07 Å². The van der Waals surface area contributed by atoms with E-state index in [0.717, 1.165) is 30.0 Å². The third-order valence-corrected chi connectivity index (χ3v) is 2.51. The van der Waals surface area contributed by atoms with E-state index in [1.54, 1.807) is 0 Å². The highest BCUT2D eigenvalue weighted by Crippen LogP contribution is 2.23. The second-order valence-electron chi connectivity index (χ2n) is 3.27. The predicted octanol–water partition coefficient (Wildman–Crippen LogP) is 2.45. The molecule has 0 aliphatic rings. The maximum atomic E-state index is 9.07. The van der Waals surface area contributed by atoms with Crippen molar-refractivity contribution in [2.45, 2.75) is 13.8 Å². The molecule has 15 heavy (non-hydrogen) atoms. The number of benzene rings is 1. The van der Waals surface area contributed by atoms with Crippen molar-refractivity contribution in [2.24, 2.45) is 0 Å². The topological polar surface area (TPSA) is 39.1 Å². The van der Waals surface area contributed by atoms with Crippen molar-refractivity contribution in [1.82, 2.24) is 0 Å². The van der Waals surface area contributed by atoms with Gasteiger partial charge in [0.15, 0.2) is 0 Å². The van der Waals surface area contributed by atoms with Crippen LogP contribution >= 0.6 is 0 Å². The van der Waals surface area contributed by atoms with Gasteiger partial charge in [0.25, 0.3) is 0 Å². The van der Waals surface area contributed by atoms with E-state index in [0.29, 0.717) is 0 Å². The van der Waals surface area contributed by atoms with Gasteiger partial charge in [-0.1, -0.05) is 0 Å². The summed E-state index contributed by atoms with van der Waals surface area (Å²) >= 11 is 0. The fraction of sp³-hybridized carbons (Fsp3) is 0.417. The SMILES string of the molecule is CCN(CC)c1ccc(NC)cc1C#N. The highest BCUT2D eigenvalue weighted by Gasteiger charge is 2.08. The zero-order chi connectivity index (χ0) is 11.3. The molecule has 3 nitrogen and oxygen atoms in total. The third-order valence-electron chi connectivity index (χ3n) is 2.51. The fourth-order valence-corrected chi connectivity index (χ4v) is 1.62. The molecule has 0 atom stereocenters. The molecule has 0 aromatic heterocycles. The van der Waals surface area contributed by atoms with Crippen LogP contribution in [0.4, 0.5) is 11.4 Å². The Labute approximate surface area is 91.3 Å². The van der Waals surface area contributed by atoms with Crippen molar-refractivity contribution in [2.75, 3.05) is 30.4 Å². The number of rotatable bonds is 4. The van der Waals surface area contributed by atoms with E-state index in [4.69, 9.17) is 5.26 Å². The Morgan fingerprint density at radius 1 is 1.33 bits per heavy atom.